The molecule has 0 aliphatic rings. The second-order valence-corrected chi connectivity index (χ2v) is 8.20. The van der Waals surface area contributed by atoms with Crippen molar-refractivity contribution in [3.63, 3.8) is 0 Å². The number of nitrogens with one attached hydrogen (secondary N) is 2. The molecule has 1 amide bonds. The number of benzene rings is 2. The van der Waals surface area contributed by atoms with E-state index in [1.165, 1.54) is 11.3 Å². The molecule has 0 spiro atoms. The summed E-state index contributed by atoms with van der Waals surface area (Å²) in [5.74, 6) is 0.874. The van der Waals surface area contributed by atoms with Crippen LogP contribution in [-0.4, -0.2) is 38.1 Å². The van der Waals surface area contributed by atoms with Gasteiger partial charge in [-0.1, -0.05) is 6.07 Å². The Morgan fingerprint density at radius 1 is 1.12 bits per heavy atom. The zero-order valence-electron chi connectivity index (χ0n) is 17.6. The maximum Gasteiger partial charge on any atom is 0.251 e. The van der Waals surface area contributed by atoms with E-state index in [4.69, 9.17) is 4.74 Å². The molecule has 5 rings (SSSR count). The molecule has 3 aromatic heterocycles. The summed E-state index contributed by atoms with van der Waals surface area (Å²) in [6.07, 6.45) is 3.37. The number of pyridine rings is 1. The average molecular weight is 458 g/mol. The lowest BCUT2D eigenvalue weighted by Gasteiger charge is -2.09. The van der Waals surface area contributed by atoms with Crippen LogP contribution >= 0.6 is 11.3 Å². The van der Waals surface area contributed by atoms with Crippen molar-refractivity contribution in [1.82, 2.24) is 25.3 Å². The Morgan fingerprint density at radius 3 is 2.85 bits per heavy atom. The fourth-order valence-corrected chi connectivity index (χ4v) is 4.10. The third kappa shape index (κ3) is 4.13. The summed E-state index contributed by atoms with van der Waals surface area (Å²) in [4.78, 5) is 28.8. The third-order valence-corrected chi connectivity index (χ3v) is 5.93. The number of H-pyrrole nitrogens is 1. The number of thiazole rings is 1. The molecule has 8 nitrogen and oxygen atoms in total. The van der Waals surface area contributed by atoms with Crippen molar-refractivity contribution in [2.45, 2.75) is 6.54 Å². The monoisotopic (exact) mass is 457 g/mol. The number of nitrogens with zero attached hydrogens (tertiary/aromatic N) is 3. The zero-order chi connectivity index (χ0) is 22.8. The largest absolute Gasteiger partial charge is 0.507 e. The van der Waals surface area contributed by atoms with E-state index in [9.17, 15) is 9.90 Å². The maximum atomic E-state index is 12.6. The first-order valence-corrected chi connectivity index (χ1v) is 11.0. The van der Waals surface area contributed by atoms with E-state index in [0.29, 0.717) is 40.4 Å². The summed E-state index contributed by atoms with van der Waals surface area (Å²) < 4.78 is 5.36. The number of aromatic amines is 1. The summed E-state index contributed by atoms with van der Waals surface area (Å²) in [5.41, 5.74) is 4.05. The molecule has 3 N–H and O–H groups in total. The molecule has 0 radical (unpaired) electrons. The quantitative estimate of drug-likeness (QED) is 0.349. The molecule has 0 atom stereocenters. The molecule has 9 heteroatoms. The van der Waals surface area contributed by atoms with E-state index >= 15 is 0 Å². The van der Waals surface area contributed by atoms with Crippen LogP contribution in [0.25, 0.3) is 33.5 Å². The molecule has 164 valence electrons. The highest BCUT2D eigenvalue weighted by Gasteiger charge is 2.15. The van der Waals surface area contributed by atoms with Crippen LogP contribution in [0, 0.1) is 0 Å². The number of carbonyl (C=O) groups excluding carboxylic acids is 1. The van der Waals surface area contributed by atoms with Gasteiger partial charge in [0.1, 0.15) is 16.6 Å². The first-order valence-electron chi connectivity index (χ1n) is 10.1. The summed E-state index contributed by atoms with van der Waals surface area (Å²) >= 11 is 1.49. The first kappa shape index (κ1) is 20.7. The summed E-state index contributed by atoms with van der Waals surface area (Å²) in [7, 11) is 1.57. The first-order chi connectivity index (χ1) is 16.1. The van der Waals surface area contributed by atoms with Gasteiger partial charge in [-0.2, -0.15) is 0 Å². The van der Waals surface area contributed by atoms with Crippen molar-refractivity contribution < 1.29 is 14.6 Å². The zero-order valence-corrected chi connectivity index (χ0v) is 18.4. The van der Waals surface area contributed by atoms with Crippen molar-refractivity contribution in [3.8, 4) is 34.1 Å². The minimum absolute atomic E-state index is 0.0853. The van der Waals surface area contributed by atoms with Crippen molar-refractivity contribution >= 4 is 28.3 Å². The van der Waals surface area contributed by atoms with Crippen LogP contribution in [0.1, 0.15) is 15.4 Å². The highest BCUT2D eigenvalue weighted by Crippen LogP contribution is 2.35. The SMILES string of the molecule is COc1ncccc1-c1ccc(O)c(-c2nc3ccc(C(=O)NCc4nccs4)cc3[nH]2)c1. The Labute approximate surface area is 193 Å². The lowest BCUT2D eigenvalue weighted by atomic mass is 10.0. The predicted molar refractivity (Wildman–Crippen MR) is 126 cm³/mol. The van der Waals surface area contributed by atoms with E-state index in [1.54, 1.807) is 49.8 Å². The molecule has 33 heavy (non-hydrogen) atoms. The number of aromatic nitrogens is 4. The van der Waals surface area contributed by atoms with E-state index in [2.05, 4.69) is 25.3 Å². The van der Waals surface area contributed by atoms with Crippen molar-refractivity contribution in [1.29, 1.82) is 0 Å². The Bertz CT molecular complexity index is 1450. The number of hydrogen-bond donors (Lipinski definition) is 3. The van der Waals surface area contributed by atoms with Crippen molar-refractivity contribution in [3.05, 3.63) is 76.9 Å². The van der Waals surface area contributed by atoms with Gasteiger partial charge in [0.25, 0.3) is 5.91 Å². The van der Waals surface area contributed by atoms with Gasteiger partial charge in [0.15, 0.2) is 0 Å². The lowest BCUT2D eigenvalue weighted by molar-refractivity contribution is 0.0951. The summed E-state index contributed by atoms with van der Waals surface area (Å²) in [6, 6.07) is 14.2. The number of ether oxygens (including phenoxy) is 1. The number of rotatable bonds is 6. The molecule has 0 saturated heterocycles. The number of phenols is 1. The van der Waals surface area contributed by atoms with Crippen LogP contribution in [-0.2, 0) is 6.54 Å². The molecule has 2 aromatic carbocycles. The average Bonchev–Trinajstić information content (AvgIpc) is 3.52. The number of methoxy groups -OCH3 is 1. The van der Waals surface area contributed by atoms with Crippen LogP contribution in [0.2, 0.25) is 0 Å². The smallest absolute Gasteiger partial charge is 0.251 e. The van der Waals surface area contributed by atoms with Gasteiger partial charge in [0, 0.05) is 28.9 Å². The molecule has 5 aromatic rings. The van der Waals surface area contributed by atoms with Gasteiger partial charge in [-0.15, -0.1) is 11.3 Å². The van der Waals surface area contributed by atoms with Gasteiger partial charge in [-0.05, 0) is 48.0 Å². The fraction of sp³-hybridized carbons (Fsp3) is 0.0833. The molecule has 0 unspecified atom stereocenters. The number of phenolic OH excluding ortho intramolecular Hbond substituents is 1. The van der Waals surface area contributed by atoms with Gasteiger partial charge in [0.2, 0.25) is 5.88 Å². The normalized spacial score (nSPS) is 10.9. The standard InChI is InChI=1S/C24H19N5O3S/c1-32-24-16(3-2-8-26-24)14-5-7-20(30)17(11-14)22-28-18-6-4-15(12-19(18)29-22)23(31)27-13-21-25-9-10-33-21/h2-12,30H,13H2,1H3,(H,27,31)(H,28,29). The molecule has 0 fully saturated rings. The highest BCUT2D eigenvalue weighted by molar-refractivity contribution is 7.09. The van der Waals surface area contributed by atoms with E-state index < -0.39 is 0 Å². The topological polar surface area (TPSA) is 113 Å². The molecule has 0 aliphatic heterocycles. The van der Waals surface area contributed by atoms with Crippen molar-refractivity contribution in [2.75, 3.05) is 7.11 Å². The molecule has 0 bridgehead atoms. The van der Waals surface area contributed by atoms with Crippen LogP contribution in [0.5, 0.6) is 11.6 Å². The molecular weight excluding hydrogens is 438 g/mol. The van der Waals surface area contributed by atoms with Gasteiger partial charge in [-0.25, -0.2) is 15.0 Å². The Balaban J connectivity index is 1.46. The number of carbonyl (C=O) groups is 1. The Hall–Kier alpha value is -4.24. The van der Waals surface area contributed by atoms with E-state index in [0.717, 1.165) is 16.1 Å². The van der Waals surface area contributed by atoms with E-state index in [-0.39, 0.29) is 11.7 Å². The number of imidazole rings is 1. The van der Waals surface area contributed by atoms with Crippen LogP contribution in [0.3, 0.4) is 0 Å². The number of aromatic hydroxyl groups is 1. The van der Waals surface area contributed by atoms with Crippen molar-refractivity contribution in [2.24, 2.45) is 0 Å². The molecule has 0 saturated carbocycles. The van der Waals surface area contributed by atoms with Gasteiger partial charge >= 0.3 is 0 Å². The molecular formula is C24H19N5O3S. The Kier molecular flexibility index (Phi) is 5.45. The molecule has 3 heterocycles. The minimum atomic E-state index is -0.197. The fourth-order valence-electron chi connectivity index (χ4n) is 3.54. The van der Waals surface area contributed by atoms with E-state index in [1.807, 2.05) is 23.6 Å². The summed E-state index contributed by atoms with van der Waals surface area (Å²) in [5, 5.41) is 16.1. The maximum absolute atomic E-state index is 12.6. The second kappa shape index (κ2) is 8.71. The van der Waals surface area contributed by atoms with Crippen LogP contribution in [0.15, 0.2) is 66.3 Å². The number of amides is 1. The van der Waals surface area contributed by atoms with Gasteiger partial charge < -0.3 is 20.1 Å². The predicted octanol–water partition coefficient (Wildman–Crippen LogP) is 4.39. The highest BCUT2D eigenvalue weighted by atomic mass is 32.1. The lowest BCUT2D eigenvalue weighted by Crippen LogP contribution is -2.22. The Morgan fingerprint density at radius 2 is 2.03 bits per heavy atom. The summed E-state index contributed by atoms with van der Waals surface area (Å²) in [6.45, 7) is 0.376. The van der Waals surface area contributed by atoms with Gasteiger partial charge in [-0.3, -0.25) is 4.79 Å². The van der Waals surface area contributed by atoms with Crippen LogP contribution < -0.4 is 10.1 Å². The van der Waals surface area contributed by atoms with Gasteiger partial charge in [0.05, 0.1) is 30.3 Å². The third-order valence-electron chi connectivity index (χ3n) is 5.15. The number of fused-ring (bicyclic) bond motifs is 1. The number of hydrogen-bond acceptors (Lipinski definition) is 7. The second-order valence-electron chi connectivity index (χ2n) is 7.22. The van der Waals surface area contributed by atoms with Crippen LogP contribution in [0.4, 0.5) is 0 Å². The molecule has 0 aliphatic carbocycles. The minimum Gasteiger partial charge on any atom is -0.507 e.